The second kappa shape index (κ2) is 4.78. The number of H-pyrrole nitrogens is 1. The summed E-state index contributed by atoms with van der Waals surface area (Å²) in [7, 11) is 0. The predicted molar refractivity (Wildman–Crippen MR) is 58.9 cm³/mol. The van der Waals surface area contributed by atoms with Gasteiger partial charge < -0.3 is 5.32 Å². The molecule has 18 heavy (non-hydrogen) atoms. The van der Waals surface area contributed by atoms with Crippen molar-refractivity contribution >= 4 is 11.4 Å². The van der Waals surface area contributed by atoms with Crippen molar-refractivity contribution < 1.29 is 13.7 Å². The minimum atomic E-state index is -1.22. The highest BCUT2D eigenvalue weighted by Crippen LogP contribution is 2.29. The molecule has 2 rings (SSSR count). The van der Waals surface area contributed by atoms with E-state index in [4.69, 9.17) is 0 Å². The van der Waals surface area contributed by atoms with Crippen LogP contribution in [0.15, 0.2) is 24.4 Å². The lowest BCUT2D eigenvalue weighted by atomic mass is 10.2. The molecule has 0 spiro atoms. The van der Waals surface area contributed by atoms with Gasteiger partial charge in [0.25, 0.3) is 0 Å². The van der Waals surface area contributed by atoms with Gasteiger partial charge >= 0.3 is 5.69 Å². The Morgan fingerprint density at radius 2 is 2.22 bits per heavy atom. The van der Waals surface area contributed by atoms with Crippen molar-refractivity contribution in [2.75, 3.05) is 5.32 Å². The quantitative estimate of drug-likeness (QED) is 0.647. The van der Waals surface area contributed by atoms with Crippen LogP contribution in [0.1, 0.15) is 5.69 Å². The van der Waals surface area contributed by atoms with Gasteiger partial charge in [-0.1, -0.05) is 0 Å². The largest absolute Gasteiger partial charge is 0.374 e. The van der Waals surface area contributed by atoms with Crippen LogP contribution >= 0.6 is 0 Å². The molecular weight excluding hydrogens is 246 g/mol. The van der Waals surface area contributed by atoms with Crippen molar-refractivity contribution in [1.29, 1.82) is 0 Å². The molecule has 0 saturated carbocycles. The number of hydrogen-bond donors (Lipinski definition) is 2. The first-order valence-electron chi connectivity index (χ1n) is 4.93. The monoisotopic (exact) mass is 254 g/mol. The zero-order chi connectivity index (χ0) is 13.1. The normalized spacial score (nSPS) is 10.3. The number of halogens is 2. The van der Waals surface area contributed by atoms with E-state index >= 15 is 0 Å². The molecule has 6 nitrogen and oxygen atoms in total. The zero-order valence-electron chi connectivity index (χ0n) is 8.98. The first kappa shape index (κ1) is 12.0. The molecule has 94 valence electrons. The SMILES string of the molecule is O=[N+]([O-])c1c(F)cc(F)cc1NCc1ccn[nH]1. The molecule has 1 heterocycles. The van der Waals surface area contributed by atoms with Gasteiger partial charge in [0.15, 0.2) is 0 Å². The number of anilines is 1. The van der Waals surface area contributed by atoms with E-state index in [1.54, 1.807) is 6.07 Å². The number of rotatable bonds is 4. The molecule has 2 N–H and O–H groups in total. The Labute approximate surface area is 99.8 Å². The second-order valence-corrected chi connectivity index (χ2v) is 3.48. The van der Waals surface area contributed by atoms with E-state index in [0.717, 1.165) is 6.07 Å². The summed E-state index contributed by atoms with van der Waals surface area (Å²) in [6.45, 7) is 0.143. The van der Waals surface area contributed by atoms with E-state index in [1.807, 2.05) is 0 Å². The van der Waals surface area contributed by atoms with Crippen LogP contribution in [0.3, 0.4) is 0 Å². The smallest absolute Gasteiger partial charge is 0.327 e. The van der Waals surface area contributed by atoms with Crippen LogP contribution in [0.5, 0.6) is 0 Å². The summed E-state index contributed by atoms with van der Waals surface area (Å²) in [5.41, 5.74) is -0.364. The summed E-state index contributed by atoms with van der Waals surface area (Å²) < 4.78 is 26.3. The first-order valence-corrected chi connectivity index (χ1v) is 4.93. The molecule has 0 radical (unpaired) electrons. The summed E-state index contributed by atoms with van der Waals surface area (Å²) in [5.74, 6) is -2.10. The fraction of sp³-hybridized carbons (Fsp3) is 0.100. The number of benzene rings is 1. The Morgan fingerprint density at radius 1 is 1.44 bits per heavy atom. The highest BCUT2D eigenvalue weighted by Gasteiger charge is 2.21. The van der Waals surface area contributed by atoms with Crippen LogP contribution in [0.4, 0.5) is 20.2 Å². The number of hydrogen-bond acceptors (Lipinski definition) is 4. The van der Waals surface area contributed by atoms with Gasteiger partial charge in [0.05, 0.1) is 17.2 Å². The first-order chi connectivity index (χ1) is 8.58. The third kappa shape index (κ3) is 2.42. The second-order valence-electron chi connectivity index (χ2n) is 3.48. The van der Waals surface area contributed by atoms with Crippen molar-refractivity contribution in [3.63, 3.8) is 0 Å². The number of aromatic amines is 1. The molecule has 0 atom stereocenters. The summed E-state index contributed by atoms with van der Waals surface area (Å²) in [6.07, 6.45) is 1.50. The van der Waals surface area contributed by atoms with Crippen molar-refractivity contribution in [2.45, 2.75) is 6.54 Å². The minimum absolute atomic E-state index is 0.143. The van der Waals surface area contributed by atoms with Crippen LogP contribution in [-0.2, 0) is 6.54 Å². The lowest BCUT2D eigenvalue weighted by Gasteiger charge is -2.06. The Kier molecular flexibility index (Phi) is 3.18. The molecule has 0 bridgehead atoms. The predicted octanol–water partition coefficient (Wildman–Crippen LogP) is 2.21. The van der Waals surface area contributed by atoms with E-state index in [-0.39, 0.29) is 12.2 Å². The summed E-state index contributed by atoms with van der Waals surface area (Å²) in [5, 5.41) is 19.6. The Hall–Kier alpha value is -2.51. The minimum Gasteiger partial charge on any atom is -0.374 e. The molecule has 0 fully saturated rings. The fourth-order valence-electron chi connectivity index (χ4n) is 1.46. The van der Waals surface area contributed by atoms with Crippen LogP contribution in [0, 0.1) is 21.7 Å². The van der Waals surface area contributed by atoms with Crippen molar-refractivity contribution in [3.8, 4) is 0 Å². The number of nitro benzene ring substituents is 1. The third-order valence-electron chi connectivity index (χ3n) is 2.24. The van der Waals surface area contributed by atoms with Crippen LogP contribution in [-0.4, -0.2) is 15.1 Å². The third-order valence-corrected chi connectivity index (χ3v) is 2.24. The lowest BCUT2D eigenvalue weighted by Crippen LogP contribution is -2.05. The molecule has 0 aliphatic heterocycles. The average molecular weight is 254 g/mol. The standard InChI is InChI=1S/C10H8F2N4O2/c11-6-3-8(12)10(16(17)18)9(4-6)13-5-7-1-2-14-15-7/h1-4,13H,5H2,(H,14,15). The highest BCUT2D eigenvalue weighted by atomic mass is 19.1. The molecule has 8 heteroatoms. The van der Waals surface area contributed by atoms with Gasteiger partial charge in [-0.05, 0) is 6.07 Å². The Morgan fingerprint density at radius 3 is 2.83 bits per heavy atom. The van der Waals surface area contributed by atoms with Crippen LogP contribution in [0.25, 0.3) is 0 Å². The maximum absolute atomic E-state index is 13.3. The lowest BCUT2D eigenvalue weighted by molar-refractivity contribution is -0.386. The molecule has 0 saturated heterocycles. The maximum Gasteiger partial charge on any atom is 0.327 e. The van der Waals surface area contributed by atoms with Crippen LogP contribution in [0.2, 0.25) is 0 Å². The topological polar surface area (TPSA) is 83.8 Å². The van der Waals surface area contributed by atoms with E-state index < -0.39 is 22.2 Å². The van der Waals surface area contributed by atoms with Crippen molar-refractivity contribution in [1.82, 2.24) is 10.2 Å². The molecule has 0 aliphatic rings. The molecule has 0 unspecified atom stereocenters. The molecule has 2 aromatic rings. The van der Waals surface area contributed by atoms with Crippen molar-refractivity contribution in [2.24, 2.45) is 0 Å². The van der Waals surface area contributed by atoms with E-state index in [9.17, 15) is 18.9 Å². The van der Waals surface area contributed by atoms with Gasteiger partial charge in [0, 0.05) is 18.3 Å². The van der Waals surface area contributed by atoms with Crippen LogP contribution < -0.4 is 5.32 Å². The van der Waals surface area contributed by atoms with E-state index in [1.165, 1.54) is 6.20 Å². The number of nitrogens with one attached hydrogen (secondary N) is 2. The molecule has 0 aliphatic carbocycles. The highest BCUT2D eigenvalue weighted by molar-refractivity contribution is 5.62. The zero-order valence-corrected chi connectivity index (χ0v) is 8.98. The van der Waals surface area contributed by atoms with Gasteiger partial charge in [-0.25, -0.2) is 4.39 Å². The molecule has 1 aromatic heterocycles. The summed E-state index contributed by atoms with van der Waals surface area (Å²) in [4.78, 5) is 9.80. The molecule has 1 aromatic carbocycles. The number of aromatic nitrogens is 2. The summed E-state index contributed by atoms with van der Waals surface area (Å²) in [6, 6.07) is 2.98. The Bertz CT molecular complexity index is 572. The van der Waals surface area contributed by atoms with Gasteiger partial charge in [-0.15, -0.1) is 0 Å². The Balaban J connectivity index is 2.28. The number of nitro groups is 1. The number of nitrogens with zero attached hydrogens (tertiary/aromatic N) is 2. The maximum atomic E-state index is 13.3. The van der Waals surface area contributed by atoms with Crippen molar-refractivity contribution in [3.05, 3.63) is 51.8 Å². The van der Waals surface area contributed by atoms with Gasteiger partial charge in [-0.3, -0.25) is 15.2 Å². The average Bonchev–Trinajstić information content (AvgIpc) is 2.77. The summed E-state index contributed by atoms with van der Waals surface area (Å²) >= 11 is 0. The molecular formula is C10H8F2N4O2. The van der Waals surface area contributed by atoms with Gasteiger partial charge in [0.2, 0.25) is 5.82 Å². The van der Waals surface area contributed by atoms with Gasteiger partial charge in [0.1, 0.15) is 11.5 Å². The van der Waals surface area contributed by atoms with Gasteiger partial charge in [-0.2, -0.15) is 9.49 Å². The van der Waals surface area contributed by atoms with E-state index in [2.05, 4.69) is 15.5 Å². The fourth-order valence-corrected chi connectivity index (χ4v) is 1.46. The molecule has 0 amide bonds. The van der Waals surface area contributed by atoms with E-state index in [0.29, 0.717) is 11.8 Å².